The summed E-state index contributed by atoms with van der Waals surface area (Å²) >= 11 is 6.31. The van der Waals surface area contributed by atoms with Crippen LogP contribution in [0.3, 0.4) is 0 Å². The zero-order valence-electron chi connectivity index (χ0n) is 20.3. The van der Waals surface area contributed by atoms with E-state index in [1.807, 2.05) is 54.6 Å². The van der Waals surface area contributed by atoms with Crippen molar-refractivity contribution in [2.75, 3.05) is 18.4 Å². The average Bonchev–Trinajstić information content (AvgIpc) is 3.39. The number of hydrogen-bond donors (Lipinski definition) is 2. The Balaban J connectivity index is 1.40. The van der Waals surface area contributed by atoms with Crippen molar-refractivity contribution in [3.05, 3.63) is 99.4 Å². The molecule has 184 valence electrons. The summed E-state index contributed by atoms with van der Waals surface area (Å²) in [5.41, 5.74) is 4.32. The van der Waals surface area contributed by atoms with Crippen LogP contribution in [0.15, 0.2) is 77.6 Å². The number of carbonyl (C=O) groups excluding carboxylic acids is 1. The summed E-state index contributed by atoms with van der Waals surface area (Å²) in [5, 5.41) is 7.79. The highest BCUT2D eigenvalue weighted by molar-refractivity contribution is 6.31. The van der Waals surface area contributed by atoms with Crippen molar-refractivity contribution in [1.82, 2.24) is 14.8 Å². The van der Waals surface area contributed by atoms with Gasteiger partial charge < -0.3 is 15.2 Å². The van der Waals surface area contributed by atoms with Crippen molar-refractivity contribution >= 4 is 34.1 Å². The zero-order chi connectivity index (χ0) is 25.1. The van der Waals surface area contributed by atoms with Gasteiger partial charge in [0.25, 0.3) is 5.56 Å². The molecule has 1 aliphatic rings. The second-order valence-corrected chi connectivity index (χ2v) is 9.67. The Morgan fingerprint density at radius 2 is 1.72 bits per heavy atom. The third-order valence-corrected chi connectivity index (χ3v) is 6.98. The van der Waals surface area contributed by atoms with Gasteiger partial charge in [-0.3, -0.25) is 9.69 Å². The van der Waals surface area contributed by atoms with Crippen LogP contribution >= 0.6 is 11.6 Å². The number of halogens is 1. The molecule has 1 saturated heterocycles. The second kappa shape index (κ2) is 10.6. The Morgan fingerprint density at radius 1 is 0.944 bits per heavy atom. The highest BCUT2D eigenvalue weighted by Gasteiger charge is 2.18. The number of aromatic nitrogens is 1. The van der Waals surface area contributed by atoms with Gasteiger partial charge in [0.05, 0.1) is 6.54 Å². The first kappa shape index (κ1) is 24.1. The summed E-state index contributed by atoms with van der Waals surface area (Å²) in [4.78, 5) is 28.4. The Labute approximate surface area is 215 Å². The van der Waals surface area contributed by atoms with Crippen LogP contribution in [0.4, 0.5) is 10.5 Å². The number of nitrogens with zero attached hydrogens (tertiary/aromatic N) is 2. The molecule has 36 heavy (non-hydrogen) atoms. The van der Waals surface area contributed by atoms with Gasteiger partial charge in [-0.2, -0.15) is 0 Å². The second-order valence-electron chi connectivity index (χ2n) is 9.23. The molecular formula is C29H29ClN4O2. The molecule has 0 unspecified atom stereocenters. The van der Waals surface area contributed by atoms with E-state index in [-0.39, 0.29) is 18.1 Å². The number of amides is 2. The van der Waals surface area contributed by atoms with Crippen molar-refractivity contribution in [2.45, 2.75) is 25.9 Å². The molecule has 0 radical (unpaired) electrons. The average molecular weight is 501 g/mol. The van der Waals surface area contributed by atoms with Crippen LogP contribution in [-0.4, -0.2) is 28.6 Å². The minimum Gasteiger partial charge on any atom is -0.332 e. The van der Waals surface area contributed by atoms with Crippen LogP contribution in [0.5, 0.6) is 0 Å². The molecule has 5 rings (SSSR count). The number of nitrogens with one attached hydrogen (secondary N) is 2. The summed E-state index contributed by atoms with van der Waals surface area (Å²) in [6.45, 7) is 3.31. The Hall–Kier alpha value is -3.61. The number of benzene rings is 3. The minimum atomic E-state index is -0.328. The maximum Gasteiger partial charge on any atom is 0.319 e. The number of anilines is 1. The van der Waals surface area contributed by atoms with Gasteiger partial charge in [-0.15, -0.1) is 0 Å². The molecular weight excluding hydrogens is 472 g/mol. The van der Waals surface area contributed by atoms with Gasteiger partial charge in [0.15, 0.2) is 0 Å². The molecule has 1 fully saturated rings. The maximum absolute atomic E-state index is 13.1. The fourth-order valence-corrected chi connectivity index (χ4v) is 5.13. The van der Waals surface area contributed by atoms with Crippen molar-refractivity contribution in [3.8, 4) is 11.1 Å². The SMILES string of the molecule is Cn1c(CNC(=O)Nc2cccc(CN3CCCC3)c2)c(-c2ccccc2)c2cc(Cl)ccc2c1=O. The number of likely N-dealkylation sites (tertiary alicyclic amines) is 1. The van der Waals surface area contributed by atoms with Crippen LogP contribution in [0.1, 0.15) is 24.1 Å². The van der Waals surface area contributed by atoms with Gasteiger partial charge in [-0.25, -0.2) is 4.79 Å². The molecule has 1 aliphatic heterocycles. The van der Waals surface area contributed by atoms with E-state index in [1.165, 1.54) is 18.4 Å². The highest BCUT2D eigenvalue weighted by atomic mass is 35.5. The molecule has 6 nitrogen and oxygen atoms in total. The Kier molecular flexibility index (Phi) is 7.07. The van der Waals surface area contributed by atoms with E-state index in [1.54, 1.807) is 23.7 Å². The number of urea groups is 1. The monoisotopic (exact) mass is 500 g/mol. The fraction of sp³-hybridized carbons (Fsp3) is 0.241. The summed E-state index contributed by atoms with van der Waals surface area (Å²) in [6, 6.07) is 22.8. The Morgan fingerprint density at radius 3 is 2.50 bits per heavy atom. The summed E-state index contributed by atoms with van der Waals surface area (Å²) in [7, 11) is 1.74. The standard InChI is InChI=1S/C29H29ClN4O2/c1-33-26(18-31-29(36)32-23-11-7-8-20(16-23)19-34-14-5-6-15-34)27(21-9-3-2-4-10-21)25-17-22(30)12-13-24(25)28(33)35/h2-4,7-13,16-17H,5-6,14-15,18-19H2,1H3,(H2,31,32,36). The molecule has 2 amide bonds. The van der Waals surface area contributed by atoms with Gasteiger partial charge >= 0.3 is 6.03 Å². The number of rotatable bonds is 6. The van der Waals surface area contributed by atoms with Crippen LogP contribution in [0.25, 0.3) is 21.9 Å². The van der Waals surface area contributed by atoms with Gasteiger partial charge in [0.2, 0.25) is 0 Å². The first-order valence-corrected chi connectivity index (χ1v) is 12.6. The predicted molar refractivity (Wildman–Crippen MR) is 146 cm³/mol. The number of hydrogen-bond acceptors (Lipinski definition) is 3. The fourth-order valence-electron chi connectivity index (χ4n) is 4.96. The first-order valence-electron chi connectivity index (χ1n) is 12.2. The lowest BCUT2D eigenvalue weighted by Gasteiger charge is -2.19. The van der Waals surface area contributed by atoms with E-state index in [9.17, 15) is 9.59 Å². The van der Waals surface area contributed by atoms with E-state index >= 15 is 0 Å². The van der Waals surface area contributed by atoms with Crippen molar-refractivity contribution < 1.29 is 4.79 Å². The van der Waals surface area contributed by atoms with Gasteiger partial charge in [0.1, 0.15) is 0 Å². The van der Waals surface area contributed by atoms with Crippen molar-refractivity contribution in [1.29, 1.82) is 0 Å². The van der Waals surface area contributed by atoms with Crippen LogP contribution < -0.4 is 16.2 Å². The molecule has 0 bridgehead atoms. The van der Waals surface area contributed by atoms with Crippen LogP contribution in [-0.2, 0) is 20.1 Å². The summed E-state index contributed by atoms with van der Waals surface area (Å²) in [6.07, 6.45) is 2.49. The van der Waals surface area contributed by atoms with Gasteiger partial charge in [-0.05, 0) is 72.8 Å². The van der Waals surface area contributed by atoms with E-state index in [2.05, 4.69) is 21.6 Å². The third kappa shape index (κ3) is 5.15. The molecule has 0 atom stereocenters. The van der Waals surface area contributed by atoms with Gasteiger partial charge in [-0.1, -0.05) is 54.1 Å². The number of fused-ring (bicyclic) bond motifs is 1. The van der Waals surface area contributed by atoms with Crippen LogP contribution in [0.2, 0.25) is 5.02 Å². The molecule has 7 heteroatoms. The van der Waals surface area contributed by atoms with Crippen molar-refractivity contribution in [3.63, 3.8) is 0 Å². The lowest BCUT2D eigenvalue weighted by atomic mass is 9.96. The normalized spacial score (nSPS) is 13.7. The van der Waals surface area contributed by atoms with E-state index < -0.39 is 0 Å². The minimum absolute atomic E-state index is 0.131. The third-order valence-electron chi connectivity index (χ3n) is 6.75. The zero-order valence-corrected chi connectivity index (χ0v) is 21.0. The molecule has 0 spiro atoms. The molecule has 2 heterocycles. The Bertz CT molecular complexity index is 1460. The van der Waals surface area contributed by atoms with Crippen molar-refractivity contribution in [2.24, 2.45) is 7.05 Å². The quantitative estimate of drug-likeness (QED) is 0.353. The topological polar surface area (TPSA) is 66.4 Å². The van der Waals surface area contributed by atoms with E-state index in [0.29, 0.717) is 16.1 Å². The predicted octanol–water partition coefficient (Wildman–Crippen LogP) is 5.78. The van der Waals surface area contributed by atoms with E-state index in [0.717, 1.165) is 41.8 Å². The molecule has 0 aliphatic carbocycles. The summed E-state index contributed by atoms with van der Waals surface area (Å²) in [5.74, 6) is 0. The molecule has 2 N–H and O–H groups in total. The highest BCUT2D eigenvalue weighted by Crippen LogP contribution is 2.32. The molecule has 4 aromatic rings. The molecule has 1 aromatic heterocycles. The number of carbonyl (C=O) groups is 1. The smallest absolute Gasteiger partial charge is 0.319 e. The lowest BCUT2D eigenvalue weighted by molar-refractivity contribution is 0.251. The van der Waals surface area contributed by atoms with E-state index in [4.69, 9.17) is 11.6 Å². The first-order chi connectivity index (χ1) is 17.5. The van der Waals surface area contributed by atoms with Crippen LogP contribution in [0, 0.1) is 0 Å². The lowest BCUT2D eigenvalue weighted by Crippen LogP contribution is -2.32. The maximum atomic E-state index is 13.1. The summed E-state index contributed by atoms with van der Waals surface area (Å²) < 4.78 is 1.61. The molecule has 0 saturated carbocycles. The number of pyridine rings is 1. The largest absolute Gasteiger partial charge is 0.332 e. The van der Waals surface area contributed by atoms with Gasteiger partial charge in [0, 0.05) is 40.9 Å². The molecule has 3 aromatic carbocycles.